The third-order valence-corrected chi connectivity index (χ3v) is 1.71. The molecule has 1 aromatic rings. The number of carboxylic acids is 1. The molecule has 1 aromatic carbocycles. The Kier molecular flexibility index (Phi) is 5.12. The molecule has 0 saturated carbocycles. The molecule has 1 atom stereocenters. The quantitative estimate of drug-likeness (QED) is 0.803. The van der Waals surface area contributed by atoms with Crippen LogP contribution in [-0.4, -0.2) is 17.1 Å². The predicted molar refractivity (Wildman–Crippen MR) is 53.0 cm³/mol. The minimum absolute atomic E-state index is 0. The van der Waals surface area contributed by atoms with E-state index in [0.29, 0.717) is 5.56 Å². The Morgan fingerprint density at radius 2 is 2.07 bits per heavy atom. The number of halogens is 2. The van der Waals surface area contributed by atoms with Gasteiger partial charge in [0.05, 0.1) is 0 Å². The summed E-state index contributed by atoms with van der Waals surface area (Å²) in [5.41, 5.74) is 5.58. The van der Waals surface area contributed by atoms with Crippen LogP contribution in [0.5, 0.6) is 0 Å². The second kappa shape index (κ2) is 5.57. The van der Waals surface area contributed by atoms with Crippen molar-refractivity contribution in [3.05, 3.63) is 35.6 Å². The molecule has 3 nitrogen and oxygen atoms in total. The van der Waals surface area contributed by atoms with Crippen LogP contribution in [0, 0.1) is 5.82 Å². The maximum absolute atomic E-state index is 13.0. The fourth-order valence-electron chi connectivity index (χ4n) is 0.988. The molecule has 5 heteroatoms. The minimum atomic E-state index is -1.12. The molecule has 0 spiro atoms. The topological polar surface area (TPSA) is 63.3 Å². The van der Waals surface area contributed by atoms with Crippen LogP contribution in [0.15, 0.2) is 24.3 Å². The zero-order valence-corrected chi connectivity index (χ0v) is 8.13. The van der Waals surface area contributed by atoms with Gasteiger partial charge in [-0.1, -0.05) is 18.2 Å². The van der Waals surface area contributed by atoms with Crippen molar-refractivity contribution in [1.82, 2.24) is 0 Å². The molecule has 0 aliphatic carbocycles. The van der Waals surface area contributed by atoms with Crippen molar-refractivity contribution < 1.29 is 14.3 Å². The Bertz CT molecular complexity index is 319. The first-order valence-electron chi connectivity index (χ1n) is 3.83. The van der Waals surface area contributed by atoms with Crippen molar-refractivity contribution >= 4 is 18.4 Å². The summed E-state index contributed by atoms with van der Waals surface area (Å²) < 4.78 is 13.0. The van der Waals surface area contributed by atoms with E-state index >= 15 is 0 Å². The van der Waals surface area contributed by atoms with Crippen LogP contribution in [0.4, 0.5) is 4.39 Å². The molecule has 0 amide bonds. The molecule has 0 aliphatic heterocycles. The number of hydrogen-bond acceptors (Lipinski definition) is 2. The van der Waals surface area contributed by atoms with Gasteiger partial charge in [-0.15, -0.1) is 12.4 Å². The van der Waals surface area contributed by atoms with Crippen molar-refractivity contribution in [1.29, 1.82) is 0 Å². The van der Waals surface area contributed by atoms with Crippen LogP contribution in [0.25, 0.3) is 0 Å². The highest BCUT2D eigenvalue weighted by Crippen LogP contribution is 2.08. The van der Waals surface area contributed by atoms with E-state index in [1.807, 2.05) is 0 Å². The first kappa shape index (κ1) is 12.9. The van der Waals surface area contributed by atoms with Gasteiger partial charge in [-0.25, -0.2) is 4.39 Å². The fraction of sp³-hybridized carbons (Fsp3) is 0.222. The highest BCUT2D eigenvalue weighted by atomic mass is 35.5. The van der Waals surface area contributed by atoms with Crippen LogP contribution in [0.3, 0.4) is 0 Å². The van der Waals surface area contributed by atoms with Crippen LogP contribution >= 0.6 is 12.4 Å². The second-order valence-electron chi connectivity index (χ2n) is 2.74. The van der Waals surface area contributed by atoms with Crippen LogP contribution in [0.2, 0.25) is 0 Å². The van der Waals surface area contributed by atoms with Gasteiger partial charge in [0, 0.05) is 6.42 Å². The molecule has 0 aromatic heterocycles. The molecule has 0 radical (unpaired) electrons. The lowest BCUT2D eigenvalue weighted by molar-refractivity contribution is -0.138. The van der Waals surface area contributed by atoms with Crippen LogP contribution < -0.4 is 5.73 Å². The average molecular weight is 220 g/mol. The molecule has 14 heavy (non-hydrogen) atoms. The smallest absolute Gasteiger partial charge is 0.320 e. The third-order valence-electron chi connectivity index (χ3n) is 1.71. The molecule has 1 rings (SSSR count). The number of benzene rings is 1. The number of rotatable bonds is 3. The molecule has 0 fully saturated rings. The molecule has 3 N–H and O–H groups in total. The largest absolute Gasteiger partial charge is 0.480 e. The number of carbonyl (C=O) groups is 1. The third kappa shape index (κ3) is 3.32. The van der Waals surface area contributed by atoms with Gasteiger partial charge in [0.1, 0.15) is 11.9 Å². The lowest BCUT2D eigenvalue weighted by Gasteiger charge is -2.06. The fourth-order valence-corrected chi connectivity index (χ4v) is 0.988. The Morgan fingerprint density at radius 3 is 2.57 bits per heavy atom. The maximum atomic E-state index is 13.0. The zero-order chi connectivity index (χ0) is 9.84. The van der Waals surface area contributed by atoms with Gasteiger partial charge in [0.15, 0.2) is 0 Å². The van der Waals surface area contributed by atoms with Gasteiger partial charge in [0.2, 0.25) is 0 Å². The number of nitrogens with two attached hydrogens (primary N) is 1. The lowest BCUT2D eigenvalue weighted by Crippen LogP contribution is -2.32. The Labute approximate surface area is 87.1 Å². The van der Waals surface area contributed by atoms with E-state index in [1.54, 1.807) is 12.1 Å². The first-order valence-corrected chi connectivity index (χ1v) is 3.83. The first-order chi connectivity index (χ1) is 6.11. The number of carboxylic acid groups (broad SMARTS) is 1. The second-order valence-corrected chi connectivity index (χ2v) is 2.74. The van der Waals surface area contributed by atoms with Gasteiger partial charge >= 0.3 is 5.97 Å². The van der Waals surface area contributed by atoms with E-state index in [9.17, 15) is 9.18 Å². The van der Waals surface area contributed by atoms with E-state index in [0.717, 1.165) is 0 Å². The van der Waals surface area contributed by atoms with Crippen molar-refractivity contribution in [3.8, 4) is 0 Å². The van der Waals surface area contributed by atoms with E-state index < -0.39 is 17.8 Å². The van der Waals surface area contributed by atoms with Crippen molar-refractivity contribution in [2.45, 2.75) is 12.5 Å². The summed E-state index contributed by atoms with van der Waals surface area (Å²) in [5, 5.41) is 8.49. The Morgan fingerprint density at radius 1 is 1.50 bits per heavy atom. The van der Waals surface area contributed by atoms with Gasteiger partial charge in [-0.2, -0.15) is 0 Å². The average Bonchev–Trinajstić information content (AvgIpc) is 2.08. The lowest BCUT2D eigenvalue weighted by atomic mass is 10.1. The molecule has 78 valence electrons. The summed E-state index contributed by atoms with van der Waals surface area (Å²) in [6.45, 7) is 0. The standard InChI is InChI=1S/C9H10FNO2.ClH/c10-7-4-2-1-3-6(7)5-8(11)9(12)13;/h1-4,8H,5,11H2,(H,12,13);1H/t8-;/m0./s1. The Balaban J connectivity index is 0.00000169. The maximum Gasteiger partial charge on any atom is 0.320 e. The van der Waals surface area contributed by atoms with Crippen molar-refractivity contribution in [2.75, 3.05) is 0 Å². The highest BCUT2D eigenvalue weighted by molar-refractivity contribution is 5.85. The zero-order valence-electron chi connectivity index (χ0n) is 7.31. The summed E-state index contributed by atoms with van der Waals surface area (Å²) in [7, 11) is 0. The van der Waals surface area contributed by atoms with Gasteiger partial charge in [-0.3, -0.25) is 4.79 Å². The van der Waals surface area contributed by atoms with E-state index in [2.05, 4.69) is 0 Å². The summed E-state index contributed by atoms with van der Waals surface area (Å²) in [4.78, 5) is 10.4. The van der Waals surface area contributed by atoms with Gasteiger partial charge in [-0.05, 0) is 11.6 Å². The molecule has 0 bridgehead atoms. The van der Waals surface area contributed by atoms with Crippen LogP contribution in [-0.2, 0) is 11.2 Å². The van der Waals surface area contributed by atoms with E-state index in [4.69, 9.17) is 10.8 Å². The predicted octanol–water partition coefficient (Wildman–Crippen LogP) is 1.20. The molecular formula is C9H11ClFNO2. The summed E-state index contributed by atoms with van der Waals surface area (Å²) in [6.07, 6.45) is 0.0159. The molecule has 0 aliphatic rings. The highest BCUT2D eigenvalue weighted by Gasteiger charge is 2.13. The van der Waals surface area contributed by atoms with Crippen molar-refractivity contribution in [3.63, 3.8) is 0 Å². The minimum Gasteiger partial charge on any atom is -0.480 e. The number of aliphatic carboxylic acids is 1. The SMILES string of the molecule is Cl.N[C@@H](Cc1ccccc1F)C(=O)O. The number of hydrogen-bond donors (Lipinski definition) is 2. The monoisotopic (exact) mass is 219 g/mol. The molecule has 0 unspecified atom stereocenters. The van der Waals surface area contributed by atoms with Crippen molar-refractivity contribution in [2.24, 2.45) is 5.73 Å². The van der Waals surface area contributed by atoms with Gasteiger partial charge in [0.25, 0.3) is 0 Å². The van der Waals surface area contributed by atoms with Gasteiger partial charge < -0.3 is 10.8 Å². The normalized spacial score (nSPS) is 11.6. The molecular weight excluding hydrogens is 209 g/mol. The van der Waals surface area contributed by atoms with E-state index in [-0.39, 0.29) is 18.8 Å². The Hall–Kier alpha value is -1.13. The molecule has 0 saturated heterocycles. The van der Waals surface area contributed by atoms with E-state index in [1.165, 1.54) is 12.1 Å². The summed E-state index contributed by atoms with van der Waals surface area (Å²) >= 11 is 0. The van der Waals surface area contributed by atoms with Crippen LogP contribution in [0.1, 0.15) is 5.56 Å². The molecule has 0 heterocycles. The summed E-state index contributed by atoms with van der Waals surface area (Å²) in [6, 6.07) is 4.96. The summed E-state index contributed by atoms with van der Waals surface area (Å²) in [5.74, 6) is -1.54.